The van der Waals surface area contributed by atoms with E-state index in [9.17, 15) is 9.59 Å². The van der Waals surface area contributed by atoms with E-state index in [1.807, 2.05) is 64.1 Å². The molecule has 0 N–H and O–H groups in total. The quantitative estimate of drug-likeness (QED) is 0.160. The van der Waals surface area contributed by atoms with Gasteiger partial charge in [0, 0.05) is 26.4 Å². The lowest BCUT2D eigenvalue weighted by molar-refractivity contribution is -0.137. The lowest BCUT2D eigenvalue weighted by Gasteiger charge is -2.23. The van der Waals surface area contributed by atoms with Crippen LogP contribution in [-0.4, -0.2) is 38.4 Å². The maximum Gasteiger partial charge on any atom is 0.311 e. The second kappa shape index (κ2) is 14.6. The second-order valence-corrected chi connectivity index (χ2v) is 10.3. The molecular formula is C29H40O6. The maximum atomic E-state index is 12.2. The van der Waals surface area contributed by atoms with Gasteiger partial charge in [0.25, 0.3) is 0 Å². The van der Waals surface area contributed by atoms with E-state index in [0.717, 1.165) is 19.3 Å². The highest BCUT2D eigenvalue weighted by Gasteiger charge is 2.24. The minimum atomic E-state index is -0.231. The Balaban J connectivity index is 1.49. The van der Waals surface area contributed by atoms with Crippen molar-refractivity contribution in [2.24, 2.45) is 10.8 Å². The number of para-hydroxylation sites is 2. The third-order valence-corrected chi connectivity index (χ3v) is 5.62. The lowest BCUT2D eigenvalue weighted by Crippen LogP contribution is -2.23. The van der Waals surface area contributed by atoms with Crippen LogP contribution in [0.1, 0.15) is 59.8 Å². The largest absolute Gasteiger partial charge is 0.427 e. The molecular weight excluding hydrogens is 444 g/mol. The SMILES string of the molecule is CC(C)(CCOCCCOCCC(C)(C)CC(=O)Oc1ccccc1)CC(=O)Oc1ccccc1. The summed E-state index contributed by atoms with van der Waals surface area (Å²) in [7, 11) is 0. The Kier molecular flexibility index (Phi) is 11.9. The number of carbonyl (C=O) groups is 2. The van der Waals surface area contributed by atoms with Crippen LogP contribution in [-0.2, 0) is 19.1 Å². The van der Waals surface area contributed by atoms with Crippen molar-refractivity contribution in [1.29, 1.82) is 0 Å². The molecule has 6 nitrogen and oxygen atoms in total. The summed E-state index contributed by atoms with van der Waals surface area (Å²) in [5.74, 6) is 0.678. The van der Waals surface area contributed by atoms with E-state index < -0.39 is 0 Å². The van der Waals surface area contributed by atoms with E-state index in [4.69, 9.17) is 18.9 Å². The maximum absolute atomic E-state index is 12.2. The van der Waals surface area contributed by atoms with Crippen molar-refractivity contribution in [2.45, 2.75) is 59.8 Å². The Morgan fingerprint density at radius 3 is 1.34 bits per heavy atom. The second-order valence-electron chi connectivity index (χ2n) is 10.3. The zero-order valence-corrected chi connectivity index (χ0v) is 21.6. The normalized spacial score (nSPS) is 11.8. The monoisotopic (exact) mass is 484 g/mol. The van der Waals surface area contributed by atoms with Gasteiger partial charge in [-0.15, -0.1) is 0 Å². The van der Waals surface area contributed by atoms with Gasteiger partial charge in [0.1, 0.15) is 11.5 Å². The Morgan fingerprint density at radius 1 is 0.600 bits per heavy atom. The highest BCUT2D eigenvalue weighted by atomic mass is 16.5. The molecule has 0 aliphatic carbocycles. The van der Waals surface area contributed by atoms with Gasteiger partial charge in [-0.05, 0) is 54.4 Å². The van der Waals surface area contributed by atoms with Gasteiger partial charge in [-0.2, -0.15) is 0 Å². The van der Waals surface area contributed by atoms with Crippen molar-refractivity contribution in [1.82, 2.24) is 0 Å². The van der Waals surface area contributed by atoms with Crippen molar-refractivity contribution in [3.63, 3.8) is 0 Å². The van der Waals surface area contributed by atoms with E-state index in [1.165, 1.54) is 0 Å². The Hall–Kier alpha value is -2.70. The highest BCUT2D eigenvalue weighted by molar-refractivity contribution is 5.73. The molecule has 2 aromatic carbocycles. The zero-order valence-electron chi connectivity index (χ0n) is 21.6. The topological polar surface area (TPSA) is 71.1 Å². The first-order chi connectivity index (χ1) is 16.7. The van der Waals surface area contributed by atoms with Gasteiger partial charge < -0.3 is 18.9 Å². The average molecular weight is 485 g/mol. The van der Waals surface area contributed by atoms with Crippen molar-refractivity contribution >= 4 is 11.9 Å². The Bertz CT molecular complexity index is 803. The molecule has 0 atom stereocenters. The number of esters is 2. The average Bonchev–Trinajstić information content (AvgIpc) is 2.78. The van der Waals surface area contributed by atoms with Crippen LogP contribution in [0.25, 0.3) is 0 Å². The summed E-state index contributed by atoms with van der Waals surface area (Å²) < 4.78 is 22.2. The number of rotatable bonds is 16. The van der Waals surface area contributed by atoms with Gasteiger partial charge in [-0.1, -0.05) is 64.1 Å². The van der Waals surface area contributed by atoms with Gasteiger partial charge in [0.15, 0.2) is 0 Å². The predicted molar refractivity (Wildman–Crippen MR) is 136 cm³/mol. The van der Waals surface area contributed by atoms with Gasteiger partial charge in [-0.25, -0.2) is 0 Å². The molecule has 0 spiro atoms. The number of carbonyl (C=O) groups excluding carboxylic acids is 2. The molecule has 0 aliphatic heterocycles. The molecule has 0 radical (unpaired) electrons. The molecule has 0 amide bonds. The van der Waals surface area contributed by atoms with Crippen LogP contribution in [0.15, 0.2) is 60.7 Å². The zero-order chi connectivity index (χ0) is 25.6. The third-order valence-electron chi connectivity index (χ3n) is 5.62. The van der Waals surface area contributed by atoms with Crippen LogP contribution in [0.3, 0.4) is 0 Å². The fraction of sp³-hybridized carbons (Fsp3) is 0.517. The minimum Gasteiger partial charge on any atom is -0.427 e. The molecule has 0 aliphatic rings. The first kappa shape index (κ1) is 28.5. The minimum absolute atomic E-state index is 0.199. The summed E-state index contributed by atoms with van der Waals surface area (Å²) in [5, 5.41) is 0. The number of hydrogen-bond acceptors (Lipinski definition) is 6. The van der Waals surface area contributed by atoms with Gasteiger partial charge in [0.2, 0.25) is 0 Å². The molecule has 2 rings (SSSR count). The first-order valence-corrected chi connectivity index (χ1v) is 12.3. The molecule has 2 aromatic rings. The van der Waals surface area contributed by atoms with Crippen molar-refractivity contribution in [2.75, 3.05) is 26.4 Å². The lowest BCUT2D eigenvalue weighted by atomic mass is 9.86. The van der Waals surface area contributed by atoms with E-state index in [-0.39, 0.29) is 22.8 Å². The van der Waals surface area contributed by atoms with Gasteiger partial charge in [-0.3, -0.25) is 9.59 Å². The molecule has 0 aromatic heterocycles. The van der Waals surface area contributed by atoms with Crippen LogP contribution in [0.5, 0.6) is 11.5 Å². The summed E-state index contributed by atoms with van der Waals surface area (Å²) in [4.78, 5) is 24.3. The van der Waals surface area contributed by atoms with Crippen molar-refractivity contribution < 1.29 is 28.5 Å². The number of hydrogen-bond donors (Lipinski definition) is 0. The Morgan fingerprint density at radius 2 is 0.971 bits per heavy atom. The fourth-order valence-corrected chi connectivity index (χ4v) is 3.43. The summed E-state index contributed by atoms with van der Waals surface area (Å²) in [6.07, 6.45) is 3.01. The summed E-state index contributed by atoms with van der Waals surface area (Å²) in [6, 6.07) is 18.2. The van der Waals surface area contributed by atoms with Gasteiger partial charge >= 0.3 is 11.9 Å². The highest BCUT2D eigenvalue weighted by Crippen LogP contribution is 2.27. The summed E-state index contributed by atoms with van der Waals surface area (Å²) in [5.41, 5.74) is -0.398. The van der Waals surface area contributed by atoms with Crippen LogP contribution in [0.4, 0.5) is 0 Å². The molecule has 0 fully saturated rings. The number of benzene rings is 2. The van der Waals surface area contributed by atoms with E-state index in [2.05, 4.69) is 0 Å². The smallest absolute Gasteiger partial charge is 0.311 e. The van der Waals surface area contributed by atoms with Gasteiger partial charge in [0.05, 0.1) is 12.8 Å². The molecule has 6 heteroatoms. The van der Waals surface area contributed by atoms with Crippen LogP contribution < -0.4 is 9.47 Å². The fourth-order valence-electron chi connectivity index (χ4n) is 3.43. The summed E-state index contributed by atoms with van der Waals surface area (Å²) >= 11 is 0. The van der Waals surface area contributed by atoms with Crippen molar-refractivity contribution in [3.8, 4) is 11.5 Å². The number of ether oxygens (including phenoxy) is 4. The molecule has 0 saturated carbocycles. The first-order valence-electron chi connectivity index (χ1n) is 12.3. The molecule has 0 unspecified atom stereocenters. The van der Waals surface area contributed by atoms with Crippen LogP contribution in [0, 0.1) is 10.8 Å². The van der Waals surface area contributed by atoms with Crippen LogP contribution in [0.2, 0.25) is 0 Å². The molecule has 0 bridgehead atoms. The Labute approximate surface area is 209 Å². The van der Waals surface area contributed by atoms with Crippen LogP contribution >= 0.6 is 0 Å². The molecule has 35 heavy (non-hydrogen) atoms. The molecule has 0 heterocycles. The molecule has 0 saturated heterocycles. The molecule has 192 valence electrons. The third kappa shape index (κ3) is 13.1. The standard InChI is InChI=1S/C29H40O6/c1-28(2,22-26(30)34-24-12-7-5-8-13-24)16-20-32-18-11-19-33-21-17-29(3,4)23-27(31)35-25-14-9-6-10-15-25/h5-10,12-15H,11,16-23H2,1-4H3. The van der Waals surface area contributed by atoms with E-state index in [1.54, 1.807) is 24.3 Å². The van der Waals surface area contributed by atoms with E-state index >= 15 is 0 Å². The van der Waals surface area contributed by atoms with Crippen molar-refractivity contribution in [3.05, 3.63) is 60.7 Å². The predicted octanol–water partition coefficient (Wildman–Crippen LogP) is 6.23. The summed E-state index contributed by atoms with van der Waals surface area (Å²) in [6.45, 7) is 10.6. The van der Waals surface area contributed by atoms with E-state index in [0.29, 0.717) is 50.8 Å².